The van der Waals surface area contributed by atoms with Crippen LogP contribution in [0, 0.1) is 19.7 Å². The number of carbonyl (C=O) groups excluding carboxylic acids is 1. The number of aryl methyl sites for hydroxylation is 2. The molecule has 0 saturated carbocycles. The van der Waals surface area contributed by atoms with Crippen molar-refractivity contribution >= 4 is 28.9 Å². The maximum absolute atomic E-state index is 14.1. The van der Waals surface area contributed by atoms with E-state index in [4.69, 9.17) is 5.10 Å². The summed E-state index contributed by atoms with van der Waals surface area (Å²) in [7, 11) is 0. The van der Waals surface area contributed by atoms with Gasteiger partial charge in [0.25, 0.3) is 11.7 Å². The van der Waals surface area contributed by atoms with Gasteiger partial charge in [-0.15, -0.1) is 5.10 Å². The third kappa shape index (κ3) is 5.03. The Kier molecular flexibility index (Phi) is 6.40. The normalized spacial score (nSPS) is 13.6. The lowest BCUT2D eigenvalue weighted by Crippen LogP contribution is -2.49. The van der Waals surface area contributed by atoms with E-state index in [-0.39, 0.29) is 11.5 Å². The van der Waals surface area contributed by atoms with Crippen molar-refractivity contribution in [3.63, 3.8) is 0 Å². The minimum Gasteiger partial charge on any atom is -0.368 e. The number of piperazine rings is 1. The van der Waals surface area contributed by atoms with Crippen molar-refractivity contribution in [2.45, 2.75) is 13.8 Å². The lowest BCUT2D eigenvalue weighted by Gasteiger charge is -2.36. The molecule has 1 amide bonds. The summed E-state index contributed by atoms with van der Waals surface area (Å²) in [5.74, 6) is 1.19. The first-order valence-electron chi connectivity index (χ1n) is 12.9. The fourth-order valence-corrected chi connectivity index (χ4v) is 4.78. The van der Waals surface area contributed by atoms with Crippen molar-refractivity contribution in [2.75, 3.05) is 36.4 Å². The number of aromatic nitrogens is 4. The van der Waals surface area contributed by atoms with E-state index in [0.717, 1.165) is 28.5 Å². The van der Waals surface area contributed by atoms with Crippen LogP contribution < -0.4 is 10.2 Å². The molecule has 1 fully saturated rings. The SMILES string of the molecule is Cc1ccc(-c2nc3nc(C)cc(Nc4ccc(N5CCN(C(=O)c6ccccc6F)CC5)cc4)n3n2)cc1. The highest BCUT2D eigenvalue weighted by molar-refractivity contribution is 5.94. The minimum absolute atomic E-state index is 0.125. The van der Waals surface area contributed by atoms with Crippen LogP contribution in [-0.4, -0.2) is 56.6 Å². The third-order valence-electron chi connectivity index (χ3n) is 6.93. The molecule has 3 aromatic carbocycles. The average Bonchev–Trinajstić information content (AvgIpc) is 3.38. The van der Waals surface area contributed by atoms with E-state index in [1.165, 1.54) is 17.7 Å². The summed E-state index contributed by atoms with van der Waals surface area (Å²) in [6.07, 6.45) is 0. The standard InChI is InChI=1S/C30H28FN7O/c1-20-7-9-22(10-8-20)28-34-30-32-21(2)19-27(38(30)35-28)33-23-11-13-24(14-12-23)36-15-17-37(18-16-36)29(39)25-5-3-4-6-26(25)31/h3-14,19,33H,15-18H2,1-2H3. The van der Waals surface area contributed by atoms with Gasteiger partial charge in [0.05, 0.1) is 5.56 Å². The van der Waals surface area contributed by atoms with E-state index in [0.29, 0.717) is 37.8 Å². The van der Waals surface area contributed by atoms with Crippen LogP contribution in [0.5, 0.6) is 0 Å². The van der Waals surface area contributed by atoms with Crippen molar-refractivity contribution in [1.82, 2.24) is 24.5 Å². The van der Waals surface area contributed by atoms with E-state index in [9.17, 15) is 9.18 Å². The van der Waals surface area contributed by atoms with Crippen molar-refractivity contribution in [1.29, 1.82) is 0 Å². The molecule has 2 aromatic heterocycles. The molecule has 3 heterocycles. The molecule has 196 valence electrons. The molecule has 0 bridgehead atoms. The Labute approximate surface area is 225 Å². The van der Waals surface area contributed by atoms with E-state index >= 15 is 0 Å². The number of rotatable bonds is 5. The number of nitrogens with zero attached hydrogens (tertiary/aromatic N) is 6. The third-order valence-corrected chi connectivity index (χ3v) is 6.93. The van der Waals surface area contributed by atoms with Crippen LogP contribution in [0.4, 0.5) is 21.6 Å². The maximum Gasteiger partial charge on any atom is 0.256 e. The van der Waals surface area contributed by atoms with Gasteiger partial charge in [0, 0.05) is 54.9 Å². The quantitative estimate of drug-likeness (QED) is 0.340. The van der Waals surface area contributed by atoms with Crippen LogP contribution in [0.3, 0.4) is 0 Å². The molecule has 0 unspecified atom stereocenters. The highest BCUT2D eigenvalue weighted by atomic mass is 19.1. The zero-order valence-corrected chi connectivity index (χ0v) is 21.8. The summed E-state index contributed by atoms with van der Waals surface area (Å²) in [6.45, 7) is 6.42. The summed E-state index contributed by atoms with van der Waals surface area (Å²) in [5.41, 5.74) is 5.06. The monoisotopic (exact) mass is 521 g/mol. The zero-order chi connectivity index (χ0) is 26.9. The molecule has 5 aromatic rings. The molecule has 39 heavy (non-hydrogen) atoms. The smallest absolute Gasteiger partial charge is 0.256 e. The van der Waals surface area contributed by atoms with Gasteiger partial charge in [-0.3, -0.25) is 4.79 Å². The predicted molar refractivity (Wildman–Crippen MR) is 150 cm³/mol. The van der Waals surface area contributed by atoms with E-state index in [1.807, 2.05) is 56.3 Å². The summed E-state index contributed by atoms with van der Waals surface area (Å²) in [5, 5.41) is 8.16. The zero-order valence-electron chi connectivity index (χ0n) is 21.8. The van der Waals surface area contributed by atoms with E-state index in [2.05, 4.69) is 32.3 Å². The molecule has 0 radical (unpaired) electrons. The molecule has 9 heteroatoms. The molecule has 0 aliphatic carbocycles. The Hall–Kier alpha value is -4.79. The lowest BCUT2D eigenvalue weighted by atomic mass is 10.1. The first-order valence-corrected chi connectivity index (χ1v) is 12.9. The molecule has 8 nitrogen and oxygen atoms in total. The van der Waals surface area contributed by atoms with Crippen LogP contribution in [0.2, 0.25) is 0 Å². The molecular formula is C30H28FN7O. The summed E-state index contributed by atoms with van der Waals surface area (Å²) in [6, 6.07) is 24.3. The van der Waals surface area contributed by atoms with Gasteiger partial charge in [-0.05, 0) is 50.2 Å². The van der Waals surface area contributed by atoms with Crippen molar-refractivity contribution in [3.05, 3.63) is 102 Å². The highest BCUT2D eigenvalue weighted by Gasteiger charge is 2.24. The Morgan fingerprint density at radius 3 is 2.31 bits per heavy atom. The van der Waals surface area contributed by atoms with Crippen LogP contribution in [0.15, 0.2) is 78.9 Å². The van der Waals surface area contributed by atoms with E-state index < -0.39 is 5.82 Å². The van der Waals surface area contributed by atoms with Crippen molar-refractivity contribution < 1.29 is 9.18 Å². The first kappa shape index (κ1) is 24.5. The first-order chi connectivity index (χ1) is 18.9. The molecule has 1 aliphatic rings. The molecule has 0 spiro atoms. The van der Waals surface area contributed by atoms with Crippen LogP contribution >= 0.6 is 0 Å². The van der Waals surface area contributed by atoms with Gasteiger partial charge in [-0.25, -0.2) is 9.37 Å². The van der Waals surface area contributed by atoms with Crippen molar-refractivity contribution in [3.8, 4) is 11.4 Å². The Morgan fingerprint density at radius 2 is 1.59 bits per heavy atom. The summed E-state index contributed by atoms with van der Waals surface area (Å²) < 4.78 is 15.8. The van der Waals surface area contributed by atoms with Crippen LogP contribution in [0.1, 0.15) is 21.6 Å². The Bertz CT molecular complexity index is 1640. The van der Waals surface area contributed by atoms with Gasteiger partial charge in [-0.2, -0.15) is 9.50 Å². The second kappa shape index (κ2) is 10.2. The van der Waals surface area contributed by atoms with Crippen LogP contribution in [-0.2, 0) is 0 Å². The summed E-state index contributed by atoms with van der Waals surface area (Å²) in [4.78, 5) is 25.9. The molecule has 6 rings (SSSR count). The van der Waals surface area contributed by atoms with E-state index in [1.54, 1.807) is 21.5 Å². The number of amides is 1. The number of halogens is 1. The number of benzene rings is 3. The van der Waals surface area contributed by atoms with Gasteiger partial charge in [0.2, 0.25) is 0 Å². The molecular weight excluding hydrogens is 493 g/mol. The molecule has 0 atom stereocenters. The maximum atomic E-state index is 14.1. The number of nitrogens with one attached hydrogen (secondary N) is 1. The molecule has 1 saturated heterocycles. The number of hydrogen-bond acceptors (Lipinski definition) is 6. The van der Waals surface area contributed by atoms with Gasteiger partial charge in [0.15, 0.2) is 5.82 Å². The fourth-order valence-electron chi connectivity index (χ4n) is 4.78. The van der Waals surface area contributed by atoms with Crippen molar-refractivity contribution in [2.24, 2.45) is 0 Å². The number of hydrogen-bond donors (Lipinski definition) is 1. The van der Waals surface area contributed by atoms with Crippen LogP contribution in [0.25, 0.3) is 17.2 Å². The average molecular weight is 522 g/mol. The number of carbonyl (C=O) groups is 1. The topological polar surface area (TPSA) is 78.7 Å². The number of fused-ring (bicyclic) bond motifs is 1. The largest absolute Gasteiger partial charge is 0.368 e. The molecule has 1 aliphatic heterocycles. The second-order valence-electron chi connectivity index (χ2n) is 9.73. The van der Waals surface area contributed by atoms with Gasteiger partial charge in [0.1, 0.15) is 11.6 Å². The highest BCUT2D eigenvalue weighted by Crippen LogP contribution is 2.25. The Balaban J connectivity index is 1.15. The van der Waals surface area contributed by atoms with Gasteiger partial charge < -0.3 is 15.1 Å². The van der Waals surface area contributed by atoms with Gasteiger partial charge >= 0.3 is 0 Å². The second-order valence-corrected chi connectivity index (χ2v) is 9.73. The number of anilines is 3. The molecule has 1 N–H and O–H groups in total. The Morgan fingerprint density at radius 1 is 0.872 bits per heavy atom. The lowest BCUT2D eigenvalue weighted by molar-refractivity contribution is 0.0742. The van der Waals surface area contributed by atoms with Gasteiger partial charge in [-0.1, -0.05) is 42.0 Å². The predicted octanol–water partition coefficient (Wildman–Crippen LogP) is 5.25. The minimum atomic E-state index is -0.480. The summed E-state index contributed by atoms with van der Waals surface area (Å²) >= 11 is 0. The fraction of sp³-hybridized carbons (Fsp3) is 0.200.